The van der Waals surface area contributed by atoms with Crippen molar-refractivity contribution in [2.75, 3.05) is 13.1 Å². The number of fused-ring (bicyclic) bond motifs is 4. The van der Waals surface area contributed by atoms with Gasteiger partial charge in [-0.3, -0.25) is 9.69 Å². The van der Waals surface area contributed by atoms with Gasteiger partial charge in [-0.15, -0.1) is 0 Å². The van der Waals surface area contributed by atoms with Crippen LogP contribution in [0.1, 0.15) is 51.2 Å². The summed E-state index contributed by atoms with van der Waals surface area (Å²) < 4.78 is 0. The number of likely N-dealkylation sites (tertiary alicyclic amines) is 2. The lowest BCUT2D eigenvalue weighted by Crippen LogP contribution is -2.66. The molecule has 2 atom stereocenters. The molecule has 5 heteroatoms. The molecule has 2 aliphatic heterocycles. The second kappa shape index (κ2) is 5.23. The quantitative estimate of drug-likeness (QED) is 0.788. The number of rotatable bonds is 0. The zero-order chi connectivity index (χ0) is 18.0. The molecule has 3 aliphatic rings. The summed E-state index contributed by atoms with van der Waals surface area (Å²) in [6.45, 7) is 7.87. The fourth-order valence-electron chi connectivity index (χ4n) is 5.16. The summed E-state index contributed by atoms with van der Waals surface area (Å²) >= 11 is 0. The molecule has 2 heterocycles. The fourth-order valence-corrected chi connectivity index (χ4v) is 5.16. The van der Waals surface area contributed by atoms with E-state index in [1.165, 1.54) is 10.5 Å². The van der Waals surface area contributed by atoms with E-state index in [0.29, 0.717) is 31.7 Å². The van der Waals surface area contributed by atoms with E-state index in [1.54, 1.807) is 6.07 Å². The first-order chi connectivity index (χ1) is 11.8. The predicted molar refractivity (Wildman–Crippen MR) is 94.4 cm³/mol. The largest absolute Gasteiger partial charge is 0.508 e. The number of hydrogen-bond acceptors (Lipinski definition) is 3. The van der Waals surface area contributed by atoms with Gasteiger partial charge in [-0.25, -0.2) is 4.79 Å². The molecule has 1 aliphatic carbocycles. The number of piperidine rings is 1. The number of carbonyl (C=O) groups excluding carboxylic acids is 2. The zero-order valence-corrected chi connectivity index (χ0v) is 15.2. The molecule has 0 aromatic heterocycles. The summed E-state index contributed by atoms with van der Waals surface area (Å²) in [5, 5.41) is 10.4. The van der Waals surface area contributed by atoms with Gasteiger partial charge in [0.15, 0.2) is 0 Å². The van der Waals surface area contributed by atoms with E-state index in [0.717, 1.165) is 18.4 Å². The molecule has 3 amide bonds. The Morgan fingerprint density at radius 3 is 2.68 bits per heavy atom. The third kappa shape index (κ3) is 2.07. The first-order valence-electron chi connectivity index (χ1n) is 9.19. The van der Waals surface area contributed by atoms with Gasteiger partial charge in [0, 0.05) is 31.0 Å². The zero-order valence-electron chi connectivity index (χ0n) is 15.2. The molecule has 4 rings (SSSR count). The smallest absolute Gasteiger partial charge is 0.326 e. The number of phenols is 1. The van der Waals surface area contributed by atoms with Crippen LogP contribution in [0, 0.1) is 5.41 Å². The highest BCUT2D eigenvalue weighted by molar-refractivity contribution is 5.96. The molecule has 2 saturated heterocycles. The normalized spacial score (nSPS) is 30.4. The SMILES string of the molecule is CC1(C)[C@H]2Cc3c(O)cccc3[C@]1(C)CCN2C(=O)N1CCCC1=O. The van der Waals surface area contributed by atoms with Crippen molar-refractivity contribution >= 4 is 11.9 Å². The molecule has 0 spiro atoms. The van der Waals surface area contributed by atoms with E-state index in [9.17, 15) is 14.7 Å². The van der Waals surface area contributed by atoms with Crippen molar-refractivity contribution in [2.45, 2.75) is 57.9 Å². The lowest BCUT2D eigenvalue weighted by atomic mass is 9.51. The molecular formula is C20H26N2O3. The highest BCUT2D eigenvalue weighted by Crippen LogP contribution is 2.57. The molecule has 25 heavy (non-hydrogen) atoms. The van der Waals surface area contributed by atoms with E-state index in [1.807, 2.05) is 11.0 Å². The van der Waals surface area contributed by atoms with Crippen LogP contribution in [0.15, 0.2) is 18.2 Å². The van der Waals surface area contributed by atoms with Crippen molar-refractivity contribution in [3.63, 3.8) is 0 Å². The predicted octanol–water partition coefficient (Wildman–Crippen LogP) is 3.05. The molecule has 1 aromatic rings. The van der Waals surface area contributed by atoms with E-state index in [2.05, 4.69) is 26.8 Å². The molecule has 0 radical (unpaired) electrons. The maximum Gasteiger partial charge on any atom is 0.326 e. The summed E-state index contributed by atoms with van der Waals surface area (Å²) in [6, 6.07) is 5.59. The molecular weight excluding hydrogens is 316 g/mol. The van der Waals surface area contributed by atoms with Crippen LogP contribution in [-0.2, 0) is 16.6 Å². The Balaban J connectivity index is 1.76. The van der Waals surface area contributed by atoms with Crippen LogP contribution in [0.5, 0.6) is 5.75 Å². The lowest BCUT2D eigenvalue weighted by Gasteiger charge is -2.60. The second-order valence-electron chi connectivity index (χ2n) is 8.45. The van der Waals surface area contributed by atoms with Crippen molar-refractivity contribution in [1.82, 2.24) is 9.80 Å². The minimum atomic E-state index is -0.151. The summed E-state index contributed by atoms with van der Waals surface area (Å²) in [6.07, 6.45) is 2.70. The number of aromatic hydroxyl groups is 1. The number of urea groups is 1. The highest BCUT2D eigenvalue weighted by Gasteiger charge is 2.57. The number of carbonyl (C=O) groups is 2. The molecule has 134 valence electrons. The van der Waals surface area contributed by atoms with Gasteiger partial charge in [0.05, 0.1) is 0 Å². The maximum atomic E-state index is 13.1. The Morgan fingerprint density at radius 1 is 1.24 bits per heavy atom. The van der Waals surface area contributed by atoms with Crippen LogP contribution in [-0.4, -0.2) is 46.0 Å². The van der Waals surface area contributed by atoms with Gasteiger partial charge in [0.25, 0.3) is 0 Å². The van der Waals surface area contributed by atoms with Crippen molar-refractivity contribution in [2.24, 2.45) is 5.41 Å². The lowest BCUT2D eigenvalue weighted by molar-refractivity contribution is -0.126. The average molecular weight is 342 g/mol. The topological polar surface area (TPSA) is 60.9 Å². The van der Waals surface area contributed by atoms with Crippen molar-refractivity contribution in [1.29, 1.82) is 0 Å². The molecule has 2 fully saturated rings. The van der Waals surface area contributed by atoms with Gasteiger partial charge in [-0.05, 0) is 41.9 Å². The molecule has 2 bridgehead atoms. The minimum absolute atomic E-state index is 0.0204. The second-order valence-corrected chi connectivity index (χ2v) is 8.45. The number of benzene rings is 1. The van der Waals surface area contributed by atoms with Crippen molar-refractivity contribution in [3.8, 4) is 5.75 Å². The minimum Gasteiger partial charge on any atom is -0.508 e. The van der Waals surface area contributed by atoms with Gasteiger partial charge in [0.2, 0.25) is 5.91 Å². The third-order valence-corrected chi connectivity index (χ3v) is 7.18. The summed E-state index contributed by atoms with van der Waals surface area (Å²) in [5.41, 5.74) is 1.93. The van der Waals surface area contributed by atoms with Gasteiger partial charge >= 0.3 is 6.03 Å². The Morgan fingerprint density at radius 2 is 2.00 bits per heavy atom. The number of nitrogens with zero attached hydrogens (tertiary/aromatic N) is 2. The van der Waals surface area contributed by atoms with Crippen LogP contribution in [0.4, 0.5) is 4.79 Å². The molecule has 0 unspecified atom stereocenters. The Labute approximate surface area is 148 Å². The number of amides is 3. The first-order valence-corrected chi connectivity index (χ1v) is 9.19. The number of hydrogen-bond donors (Lipinski definition) is 1. The molecule has 1 N–H and O–H groups in total. The van der Waals surface area contributed by atoms with Crippen LogP contribution in [0.3, 0.4) is 0 Å². The molecule has 0 saturated carbocycles. The van der Waals surface area contributed by atoms with Crippen LogP contribution in [0.25, 0.3) is 0 Å². The summed E-state index contributed by atoms with van der Waals surface area (Å²) in [5.74, 6) is 0.256. The average Bonchev–Trinajstić information content (AvgIpc) is 2.97. The van der Waals surface area contributed by atoms with Crippen molar-refractivity contribution < 1.29 is 14.7 Å². The van der Waals surface area contributed by atoms with E-state index in [-0.39, 0.29) is 28.8 Å². The van der Waals surface area contributed by atoms with Crippen LogP contribution < -0.4 is 0 Å². The molecule has 5 nitrogen and oxygen atoms in total. The maximum absolute atomic E-state index is 13.1. The summed E-state index contributed by atoms with van der Waals surface area (Å²) in [4.78, 5) is 28.4. The van der Waals surface area contributed by atoms with Crippen molar-refractivity contribution in [3.05, 3.63) is 29.3 Å². The van der Waals surface area contributed by atoms with Gasteiger partial charge < -0.3 is 10.0 Å². The monoisotopic (exact) mass is 342 g/mol. The number of phenolic OH excluding ortho intramolecular Hbond substituents is 1. The van der Waals surface area contributed by atoms with Crippen LogP contribution in [0.2, 0.25) is 0 Å². The fraction of sp³-hybridized carbons (Fsp3) is 0.600. The van der Waals surface area contributed by atoms with Crippen LogP contribution >= 0.6 is 0 Å². The third-order valence-electron chi connectivity index (χ3n) is 7.18. The van der Waals surface area contributed by atoms with E-state index < -0.39 is 0 Å². The van der Waals surface area contributed by atoms with E-state index >= 15 is 0 Å². The Bertz CT molecular complexity index is 757. The van der Waals surface area contributed by atoms with E-state index in [4.69, 9.17) is 0 Å². The van der Waals surface area contributed by atoms with Gasteiger partial charge in [-0.2, -0.15) is 0 Å². The Hall–Kier alpha value is -2.04. The van der Waals surface area contributed by atoms with Gasteiger partial charge in [-0.1, -0.05) is 32.9 Å². The van der Waals surface area contributed by atoms with Gasteiger partial charge in [0.1, 0.15) is 5.75 Å². The molecule has 1 aromatic carbocycles. The standard InChI is InChI=1S/C20H26N2O3/c1-19(2)16-12-13-14(6-4-7-15(13)23)20(19,3)9-11-21(16)18(25)22-10-5-8-17(22)24/h4,6-7,16,23H,5,8-12H2,1-3H3/t16-,20+/m1/s1. The number of imide groups is 1. The Kier molecular flexibility index (Phi) is 3.44. The first kappa shape index (κ1) is 16.4. The highest BCUT2D eigenvalue weighted by atomic mass is 16.3. The summed E-state index contributed by atoms with van der Waals surface area (Å²) in [7, 11) is 0.